The molecule has 1 unspecified atom stereocenters. The minimum absolute atomic E-state index is 0. The summed E-state index contributed by atoms with van der Waals surface area (Å²) in [7, 11) is -2.34. The van der Waals surface area contributed by atoms with Gasteiger partial charge in [-0.15, -0.1) is 23.7 Å². The molecule has 178 valence electrons. The minimum Gasteiger partial charge on any atom is -0.368 e. The monoisotopic (exact) mass is 535 g/mol. The molecule has 4 rings (SSSR count). The van der Waals surface area contributed by atoms with Crippen molar-refractivity contribution in [1.82, 2.24) is 10.3 Å². The maximum Gasteiger partial charge on any atom is 0.266 e. The molecule has 1 aromatic heterocycles. The lowest BCUT2D eigenvalue weighted by Crippen LogP contribution is -2.29. The number of benzene rings is 2. The van der Waals surface area contributed by atoms with E-state index in [0.717, 1.165) is 25.1 Å². The topological polar surface area (TPSA) is 86.4 Å². The molecule has 0 radical (unpaired) electrons. The van der Waals surface area contributed by atoms with E-state index in [4.69, 9.17) is 11.6 Å². The average Bonchev–Trinajstić information content (AvgIpc) is 3.43. The summed E-state index contributed by atoms with van der Waals surface area (Å²) in [4.78, 5) is 5.26. The van der Waals surface area contributed by atoms with Gasteiger partial charge in [-0.3, -0.25) is 4.72 Å². The Kier molecular flexibility index (Phi) is 8.01. The van der Waals surface area contributed by atoms with Gasteiger partial charge in [0.1, 0.15) is 16.5 Å². The molecule has 3 N–H and O–H groups in total. The summed E-state index contributed by atoms with van der Waals surface area (Å²) in [5, 5.41) is 7.70. The van der Waals surface area contributed by atoms with Crippen LogP contribution in [-0.4, -0.2) is 39.6 Å². The van der Waals surface area contributed by atoms with Gasteiger partial charge in [-0.05, 0) is 37.7 Å². The second-order valence-electron chi connectivity index (χ2n) is 7.25. The molecule has 2 aromatic carbocycles. The van der Waals surface area contributed by atoms with Gasteiger partial charge in [-0.25, -0.2) is 22.2 Å². The van der Waals surface area contributed by atoms with Crippen LogP contribution in [0.4, 0.5) is 31.7 Å². The number of nitrogens with zero attached hydrogens (tertiary/aromatic N) is 2. The molecule has 1 aliphatic rings. The fraction of sp³-hybridized carbons (Fsp3) is 0.250. The van der Waals surface area contributed by atoms with Gasteiger partial charge in [-0.2, -0.15) is 0 Å². The Morgan fingerprint density at radius 3 is 2.67 bits per heavy atom. The molecule has 1 aliphatic heterocycles. The van der Waals surface area contributed by atoms with E-state index in [1.54, 1.807) is 6.07 Å². The molecule has 0 saturated carbocycles. The highest BCUT2D eigenvalue weighted by Gasteiger charge is 2.25. The molecule has 0 amide bonds. The molecule has 0 spiro atoms. The Morgan fingerprint density at radius 2 is 2.00 bits per heavy atom. The lowest BCUT2D eigenvalue weighted by atomic mass is 10.2. The number of halogens is 4. The van der Waals surface area contributed by atoms with Crippen LogP contribution in [-0.2, 0) is 10.0 Å². The minimum atomic E-state index is -4.22. The number of aromatic nitrogens is 1. The van der Waals surface area contributed by atoms with Gasteiger partial charge in [0, 0.05) is 30.6 Å². The first-order valence-corrected chi connectivity index (χ1v) is 12.5. The first kappa shape index (κ1) is 25.4. The molecular formula is C20H21Cl2F2N5O2S2. The molecule has 1 fully saturated rings. The second kappa shape index (κ2) is 10.4. The average molecular weight is 536 g/mol. The van der Waals surface area contributed by atoms with E-state index >= 15 is 0 Å². The zero-order valence-corrected chi connectivity index (χ0v) is 20.5. The maximum atomic E-state index is 14.8. The summed E-state index contributed by atoms with van der Waals surface area (Å²) >= 11 is 7.49. The third kappa shape index (κ3) is 5.67. The number of rotatable bonds is 7. The van der Waals surface area contributed by atoms with Crippen molar-refractivity contribution in [2.45, 2.75) is 17.4 Å². The first-order valence-electron chi connectivity index (χ1n) is 9.65. The van der Waals surface area contributed by atoms with Crippen LogP contribution < -0.4 is 20.3 Å². The zero-order chi connectivity index (χ0) is 22.9. The van der Waals surface area contributed by atoms with Crippen LogP contribution in [0.25, 0.3) is 0 Å². The van der Waals surface area contributed by atoms with Crippen LogP contribution >= 0.6 is 35.3 Å². The Hall–Kier alpha value is -2.18. The Morgan fingerprint density at radius 1 is 1.21 bits per heavy atom. The van der Waals surface area contributed by atoms with E-state index in [9.17, 15) is 17.2 Å². The number of hydrogen-bond donors (Lipinski definition) is 3. The van der Waals surface area contributed by atoms with Gasteiger partial charge in [-0.1, -0.05) is 11.6 Å². The van der Waals surface area contributed by atoms with Crippen LogP contribution in [0.15, 0.2) is 46.1 Å². The van der Waals surface area contributed by atoms with Crippen molar-refractivity contribution in [2.75, 3.05) is 35.1 Å². The summed E-state index contributed by atoms with van der Waals surface area (Å²) in [5.74, 6) is -1.29. The molecule has 13 heteroatoms. The van der Waals surface area contributed by atoms with Gasteiger partial charge in [0.2, 0.25) is 0 Å². The van der Waals surface area contributed by atoms with Gasteiger partial charge in [0.25, 0.3) is 10.0 Å². The number of anilines is 4. The van der Waals surface area contributed by atoms with Crippen molar-refractivity contribution >= 4 is 68.2 Å². The van der Waals surface area contributed by atoms with Gasteiger partial charge >= 0.3 is 0 Å². The third-order valence-corrected chi connectivity index (χ3v) is 7.42. The van der Waals surface area contributed by atoms with Crippen LogP contribution in [0.1, 0.15) is 6.42 Å². The fourth-order valence-electron chi connectivity index (χ4n) is 3.52. The van der Waals surface area contributed by atoms with Crippen molar-refractivity contribution < 1.29 is 17.2 Å². The lowest BCUT2D eigenvalue weighted by molar-refractivity contribution is 0.570. The number of nitrogens with one attached hydrogen (secondary N) is 3. The molecule has 7 nitrogen and oxygen atoms in total. The summed E-state index contributed by atoms with van der Waals surface area (Å²) in [5.41, 5.74) is 2.75. The molecule has 0 aliphatic carbocycles. The molecule has 1 saturated heterocycles. The van der Waals surface area contributed by atoms with Crippen molar-refractivity contribution in [1.29, 1.82) is 0 Å². The largest absolute Gasteiger partial charge is 0.368 e. The Bertz CT molecular complexity index is 1230. The number of thiazole rings is 1. The number of hydrogen-bond acceptors (Lipinski definition) is 7. The SMILES string of the molecule is CNC1CCN(c2cc(F)ccc2Nc2cc(F)c(S(=O)(=O)Nc3cscn3)cc2Cl)C1.Cl. The quantitative estimate of drug-likeness (QED) is 0.401. The normalized spacial score (nSPS) is 15.9. The third-order valence-electron chi connectivity index (χ3n) is 5.15. The number of sulfonamides is 1. The summed E-state index contributed by atoms with van der Waals surface area (Å²) in [6.07, 6.45) is 0.903. The van der Waals surface area contributed by atoms with Crippen molar-refractivity contribution in [3.63, 3.8) is 0 Å². The van der Waals surface area contributed by atoms with E-state index in [2.05, 4.69) is 20.3 Å². The summed E-state index contributed by atoms with van der Waals surface area (Å²) in [6, 6.07) is 6.55. The summed E-state index contributed by atoms with van der Waals surface area (Å²) in [6.45, 7) is 1.42. The van der Waals surface area contributed by atoms with E-state index in [0.29, 0.717) is 17.9 Å². The Balaban J connectivity index is 0.00000306. The van der Waals surface area contributed by atoms with Gasteiger partial charge in [0.05, 0.1) is 27.6 Å². The van der Waals surface area contributed by atoms with E-state index < -0.39 is 26.6 Å². The van der Waals surface area contributed by atoms with E-state index in [1.807, 2.05) is 11.9 Å². The molecular weight excluding hydrogens is 515 g/mol. The predicted molar refractivity (Wildman–Crippen MR) is 131 cm³/mol. The molecule has 0 bridgehead atoms. The van der Waals surface area contributed by atoms with Crippen LogP contribution in [0.3, 0.4) is 0 Å². The van der Waals surface area contributed by atoms with E-state index in [1.165, 1.54) is 34.4 Å². The van der Waals surface area contributed by atoms with E-state index in [-0.39, 0.29) is 35.0 Å². The van der Waals surface area contributed by atoms with Crippen LogP contribution in [0.2, 0.25) is 5.02 Å². The lowest BCUT2D eigenvalue weighted by Gasteiger charge is -2.23. The smallest absolute Gasteiger partial charge is 0.266 e. The maximum absolute atomic E-state index is 14.8. The fourth-order valence-corrected chi connectivity index (χ4v) is 5.44. The zero-order valence-electron chi connectivity index (χ0n) is 17.3. The highest BCUT2D eigenvalue weighted by Crippen LogP contribution is 2.36. The van der Waals surface area contributed by atoms with Gasteiger partial charge < -0.3 is 15.5 Å². The van der Waals surface area contributed by atoms with Crippen molar-refractivity contribution in [2.24, 2.45) is 0 Å². The highest BCUT2D eigenvalue weighted by atomic mass is 35.5. The molecule has 3 aromatic rings. The Labute approximate surface area is 205 Å². The van der Waals surface area contributed by atoms with Gasteiger partial charge in [0.15, 0.2) is 5.82 Å². The molecule has 33 heavy (non-hydrogen) atoms. The second-order valence-corrected chi connectivity index (χ2v) is 10.0. The highest BCUT2D eigenvalue weighted by molar-refractivity contribution is 7.92. The molecule has 1 atom stereocenters. The predicted octanol–water partition coefficient (Wildman–Crippen LogP) is 4.84. The van der Waals surface area contributed by atoms with Crippen molar-refractivity contribution in [3.8, 4) is 0 Å². The van der Waals surface area contributed by atoms with Crippen LogP contribution in [0, 0.1) is 11.6 Å². The first-order chi connectivity index (χ1) is 15.3. The summed E-state index contributed by atoms with van der Waals surface area (Å²) < 4.78 is 56.1. The molecule has 2 heterocycles. The van der Waals surface area contributed by atoms with Crippen molar-refractivity contribution in [3.05, 3.63) is 57.9 Å². The standard InChI is InChI=1S/C20H20ClF2N5O2S2.ClH/c1-24-13-4-5-28(9-13)18-6-12(22)2-3-16(18)26-17-8-15(23)19(7-14(17)21)32(29,30)27-20-10-31-11-25-20;/h2-3,6-8,10-11,13,24,26-27H,4-5,9H2,1H3;1H. The van der Waals surface area contributed by atoms with Crippen LogP contribution in [0.5, 0.6) is 0 Å². The number of likely N-dealkylation sites (N-methyl/N-ethyl adjacent to an activating group) is 1.